The molecule has 4 rings (SSSR count). The molecule has 2 heterocycles. The lowest BCUT2D eigenvalue weighted by molar-refractivity contribution is -0.132. The number of halogens is 3. The third-order valence-corrected chi connectivity index (χ3v) is 5.65. The van der Waals surface area contributed by atoms with E-state index >= 15 is 0 Å². The van der Waals surface area contributed by atoms with Gasteiger partial charge >= 0.3 is 0 Å². The fraction of sp³-hybridized carbons (Fsp3) is 0.0870. The summed E-state index contributed by atoms with van der Waals surface area (Å²) in [6.07, 6.45) is 3.01. The molecule has 0 spiro atoms. The molecular weight excluding hydrogens is 458 g/mol. The lowest BCUT2D eigenvalue weighted by atomic mass is 9.96. The number of anilines is 1. The summed E-state index contributed by atoms with van der Waals surface area (Å²) < 4.78 is 18.9. The number of methoxy groups -OCH3 is 1. The quantitative estimate of drug-likeness (QED) is 0.322. The minimum absolute atomic E-state index is 0.159. The van der Waals surface area contributed by atoms with Crippen molar-refractivity contribution in [2.24, 2.45) is 0 Å². The largest absolute Gasteiger partial charge is 0.507 e. The third-order valence-electron chi connectivity index (χ3n) is 5.05. The van der Waals surface area contributed by atoms with Crippen molar-refractivity contribution in [2.45, 2.75) is 6.04 Å². The van der Waals surface area contributed by atoms with E-state index in [2.05, 4.69) is 4.98 Å². The highest BCUT2D eigenvalue weighted by atomic mass is 35.5. The van der Waals surface area contributed by atoms with E-state index in [0.717, 1.165) is 11.0 Å². The van der Waals surface area contributed by atoms with Gasteiger partial charge in [0.1, 0.15) is 17.3 Å². The molecule has 3 aromatic rings. The number of aliphatic hydroxyl groups is 1. The summed E-state index contributed by atoms with van der Waals surface area (Å²) in [4.78, 5) is 31.3. The van der Waals surface area contributed by atoms with Gasteiger partial charge in [0.05, 0.1) is 28.8 Å². The van der Waals surface area contributed by atoms with Crippen molar-refractivity contribution in [1.82, 2.24) is 4.98 Å². The Bertz CT molecular complexity index is 1260. The summed E-state index contributed by atoms with van der Waals surface area (Å²) in [5.41, 5.74) is 0.734. The Kier molecular flexibility index (Phi) is 5.86. The second-order valence-corrected chi connectivity index (χ2v) is 7.72. The van der Waals surface area contributed by atoms with Crippen LogP contribution < -0.4 is 9.64 Å². The minimum atomic E-state index is -1.02. The summed E-state index contributed by atoms with van der Waals surface area (Å²) in [5, 5.41) is 11.2. The number of aromatic nitrogens is 1. The average Bonchev–Trinajstić information content (AvgIpc) is 3.06. The molecule has 1 aliphatic rings. The SMILES string of the molecule is COc1cc(/C(O)=C2\C(=O)C(=O)N(c3ccc(F)c(Cl)c3)C2c2cccnc2)ccc1Cl. The molecule has 6 nitrogen and oxygen atoms in total. The van der Waals surface area contributed by atoms with E-state index in [9.17, 15) is 19.1 Å². The van der Waals surface area contributed by atoms with Crippen LogP contribution in [0.3, 0.4) is 0 Å². The van der Waals surface area contributed by atoms with E-state index in [0.29, 0.717) is 10.6 Å². The van der Waals surface area contributed by atoms with Crippen molar-refractivity contribution in [2.75, 3.05) is 12.0 Å². The predicted octanol–water partition coefficient (Wildman–Crippen LogP) is 5.16. The molecule has 1 atom stereocenters. The molecule has 1 aromatic heterocycles. The summed E-state index contributed by atoms with van der Waals surface area (Å²) in [6, 6.07) is 10.4. The van der Waals surface area contributed by atoms with Crippen LogP contribution >= 0.6 is 23.2 Å². The predicted molar refractivity (Wildman–Crippen MR) is 118 cm³/mol. The second-order valence-electron chi connectivity index (χ2n) is 6.90. The van der Waals surface area contributed by atoms with Crippen molar-refractivity contribution in [1.29, 1.82) is 0 Å². The van der Waals surface area contributed by atoms with Crippen molar-refractivity contribution in [3.63, 3.8) is 0 Å². The maximum absolute atomic E-state index is 13.7. The van der Waals surface area contributed by atoms with Gasteiger partial charge in [-0.05, 0) is 48.0 Å². The first kappa shape index (κ1) is 21.8. The van der Waals surface area contributed by atoms with Gasteiger partial charge in [0.25, 0.3) is 11.7 Å². The summed E-state index contributed by atoms with van der Waals surface area (Å²) >= 11 is 12.0. The normalized spacial score (nSPS) is 17.6. The van der Waals surface area contributed by atoms with E-state index in [-0.39, 0.29) is 27.6 Å². The van der Waals surface area contributed by atoms with Crippen LogP contribution in [-0.2, 0) is 9.59 Å². The fourth-order valence-corrected chi connectivity index (χ4v) is 3.92. The van der Waals surface area contributed by atoms with Crippen molar-refractivity contribution in [3.05, 3.63) is 93.5 Å². The number of nitrogens with zero attached hydrogens (tertiary/aromatic N) is 2. The van der Waals surface area contributed by atoms with Crippen LogP contribution in [0, 0.1) is 5.82 Å². The Morgan fingerprint density at radius 1 is 1.12 bits per heavy atom. The van der Waals surface area contributed by atoms with Gasteiger partial charge in [0.15, 0.2) is 0 Å². The van der Waals surface area contributed by atoms with Gasteiger partial charge in [0.2, 0.25) is 0 Å². The number of carbonyl (C=O) groups is 2. The van der Waals surface area contributed by atoms with Crippen LogP contribution in [0.15, 0.2) is 66.5 Å². The van der Waals surface area contributed by atoms with E-state index < -0.39 is 29.3 Å². The first-order valence-corrected chi connectivity index (χ1v) is 10.1. The molecular formula is C23H15Cl2FN2O4. The summed E-state index contributed by atoms with van der Waals surface area (Å²) in [7, 11) is 1.41. The first-order valence-electron chi connectivity index (χ1n) is 9.33. The Morgan fingerprint density at radius 2 is 1.91 bits per heavy atom. The van der Waals surface area contributed by atoms with E-state index in [1.54, 1.807) is 12.1 Å². The van der Waals surface area contributed by atoms with Gasteiger partial charge < -0.3 is 9.84 Å². The van der Waals surface area contributed by atoms with Crippen LogP contribution in [0.25, 0.3) is 5.76 Å². The molecule has 1 N–H and O–H groups in total. The number of pyridine rings is 1. The molecule has 162 valence electrons. The van der Waals surface area contributed by atoms with Crippen molar-refractivity contribution in [3.8, 4) is 5.75 Å². The smallest absolute Gasteiger partial charge is 0.300 e. The zero-order valence-electron chi connectivity index (χ0n) is 16.6. The zero-order valence-corrected chi connectivity index (χ0v) is 18.1. The molecule has 1 saturated heterocycles. The molecule has 0 radical (unpaired) electrons. The van der Waals surface area contributed by atoms with Gasteiger partial charge in [0, 0.05) is 23.6 Å². The Balaban J connectivity index is 1.95. The zero-order chi connectivity index (χ0) is 23.0. The summed E-state index contributed by atoms with van der Waals surface area (Å²) in [6.45, 7) is 0. The number of Topliss-reactive ketones (excluding diaryl/α,β-unsaturated/α-hetero) is 1. The van der Waals surface area contributed by atoms with E-state index in [4.69, 9.17) is 27.9 Å². The molecule has 1 amide bonds. The fourth-order valence-electron chi connectivity index (χ4n) is 3.55. The van der Waals surface area contributed by atoms with Crippen molar-refractivity contribution >= 4 is 46.3 Å². The maximum Gasteiger partial charge on any atom is 0.300 e. The van der Waals surface area contributed by atoms with Gasteiger partial charge in [-0.2, -0.15) is 0 Å². The van der Waals surface area contributed by atoms with Crippen LogP contribution in [0.1, 0.15) is 17.2 Å². The van der Waals surface area contributed by atoms with Gasteiger partial charge in [-0.1, -0.05) is 29.3 Å². The summed E-state index contributed by atoms with van der Waals surface area (Å²) in [5.74, 6) is -2.61. The van der Waals surface area contributed by atoms with Crippen molar-refractivity contribution < 1.29 is 23.8 Å². The number of ketones is 1. The number of hydrogen-bond donors (Lipinski definition) is 1. The Morgan fingerprint density at radius 3 is 2.56 bits per heavy atom. The molecule has 1 fully saturated rings. The van der Waals surface area contributed by atoms with Crippen LogP contribution in [0.2, 0.25) is 10.0 Å². The topological polar surface area (TPSA) is 79.7 Å². The molecule has 0 aliphatic carbocycles. The van der Waals surface area contributed by atoms with Gasteiger partial charge in [-0.3, -0.25) is 19.5 Å². The molecule has 32 heavy (non-hydrogen) atoms. The number of benzene rings is 2. The Labute approximate surface area is 192 Å². The number of aliphatic hydroxyl groups excluding tert-OH is 1. The minimum Gasteiger partial charge on any atom is -0.507 e. The van der Waals surface area contributed by atoms with Crippen LogP contribution in [0.4, 0.5) is 10.1 Å². The van der Waals surface area contributed by atoms with E-state index in [1.807, 2.05) is 0 Å². The number of amides is 1. The highest BCUT2D eigenvalue weighted by molar-refractivity contribution is 6.51. The number of hydrogen-bond acceptors (Lipinski definition) is 5. The van der Waals surface area contributed by atoms with E-state index in [1.165, 1.54) is 49.8 Å². The first-order chi connectivity index (χ1) is 15.3. The van der Waals surface area contributed by atoms with Crippen LogP contribution in [0.5, 0.6) is 5.75 Å². The van der Waals surface area contributed by atoms with Gasteiger partial charge in [-0.15, -0.1) is 0 Å². The molecule has 1 unspecified atom stereocenters. The lowest BCUT2D eigenvalue weighted by Crippen LogP contribution is -2.29. The third kappa shape index (κ3) is 3.70. The lowest BCUT2D eigenvalue weighted by Gasteiger charge is -2.25. The number of rotatable bonds is 4. The average molecular weight is 473 g/mol. The van der Waals surface area contributed by atoms with Gasteiger partial charge in [-0.25, -0.2) is 4.39 Å². The standard InChI is InChI=1S/C23H15Cl2FN2O4/c1-32-18-9-12(4-6-15(18)24)21(29)19-20(13-3-2-8-27-11-13)28(23(31)22(19)30)14-5-7-17(26)16(25)10-14/h2-11,20,29H,1H3/b21-19+. The number of ether oxygens (including phenoxy) is 1. The molecule has 0 saturated carbocycles. The maximum atomic E-state index is 13.7. The molecule has 1 aliphatic heterocycles. The number of carbonyl (C=O) groups excluding carboxylic acids is 2. The molecule has 9 heteroatoms. The second kappa shape index (κ2) is 8.61. The Hall–Kier alpha value is -3.42. The highest BCUT2D eigenvalue weighted by Crippen LogP contribution is 2.43. The highest BCUT2D eigenvalue weighted by Gasteiger charge is 2.47. The molecule has 0 bridgehead atoms. The van der Waals surface area contributed by atoms with Crippen LogP contribution in [-0.4, -0.2) is 28.9 Å². The monoisotopic (exact) mass is 472 g/mol. The molecule has 2 aromatic carbocycles.